The molecule has 1 saturated heterocycles. The minimum Gasteiger partial charge on any atom is -0.199 e. The Labute approximate surface area is 110 Å². The molecule has 0 amide bonds. The highest BCUT2D eigenvalue weighted by molar-refractivity contribution is 7.87. The van der Waals surface area contributed by atoms with Gasteiger partial charge in [-0.1, -0.05) is 13.3 Å². The Bertz CT molecular complexity index is 334. The van der Waals surface area contributed by atoms with E-state index in [2.05, 4.69) is 4.72 Å². The second-order valence-corrected chi connectivity index (χ2v) is 6.96. The van der Waals surface area contributed by atoms with Crippen molar-refractivity contribution in [3.05, 3.63) is 0 Å². The maximum absolute atomic E-state index is 12.2. The van der Waals surface area contributed by atoms with Crippen LogP contribution in [0.3, 0.4) is 0 Å². The van der Waals surface area contributed by atoms with Gasteiger partial charge in [-0.05, 0) is 32.6 Å². The van der Waals surface area contributed by atoms with Crippen LogP contribution in [0.2, 0.25) is 0 Å². The fourth-order valence-corrected chi connectivity index (χ4v) is 4.03. The molecule has 1 N–H and O–H groups in total. The molecule has 17 heavy (non-hydrogen) atoms. The van der Waals surface area contributed by atoms with Crippen molar-refractivity contribution >= 4 is 21.8 Å². The Kier molecular flexibility index (Phi) is 5.70. The molecule has 0 saturated carbocycles. The third kappa shape index (κ3) is 4.09. The monoisotopic (exact) mass is 282 g/mol. The SMILES string of the molecule is CC(CCl)C(C)NS(=O)(=O)N1CCCCC1C. The highest BCUT2D eigenvalue weighted by Crippen LogP contribution is 2.20. The first-order chi connectivity index (χ1) is 7.88. The van der Waals surface area contributed by atoms with Gasteiger partial charge in [0.05, 0.1) is 0 Å². The topological polar surface area (TPSA) is 49.4 Å². The van der Waals surface area contributed by atoms with Crippen LogP contribution in [0.5, 0.6) is 0 Å². The van der Waals surface area contributed by atoms with Crippen molar-refractivity contribution in [1.29, 1.82) is 0 Å². The smallest absolute Gasteiger partial charge is 0.199 e. The quantitative estimate of drug-likeness (QED) is 0.784. The average molecular weight is 283 g/mol. The van der Waals surface area contributed by atoms with Crippen molar-refractivity contribution in [3.63, 3.8) is 0 Å². The average Bonchev–Trinajstić information content (AvgIpc) is 2.27. The minimum atomic E-state index is -3.36. The van der Waals surface area contributed by atoms with E-state index in [1.165, 1.54) is 0 Å². The molecule has 0 bridgehead atoms. The van der Waals surface area contributed by atoms with Crippen LogP contribution in [0.15, 0.2) is 0 Å². The molecule has 0 aromatic rings. The molecular weight excluding hydrogens is 260 g/mol. The highest BCUT2D eigenvalue weighted by atomic mass is 35.5. The largest absolute Gasteiger partial charge is 0.279 e. The summed E-state index contributed by atoms with van der Waals surface area (Å²) in [4.78, 5) is 0. The lowest BCUT2D eigenvalue weighted by Gasteiger charge is -2.33. The summed E-state index contributed by atoms with van der Waals surface area (Å²) in [5.41, 5.74) is 0. The van der Waals surface area contributed by atoms with Gasteiger partial charge in [0.15, 0.2) is 0 Å². The van der Waals surface area contributed by atoms with Crippen LogP contribution in [0, 0.1) is 5.92 Å². The Morgan fingerprint density at radius 2 is 2.06 bits per heavy atom. The van der Waals surface area contributed by atoms with Crippen LogP contribution in [-0.4, -0.2) is 37.2 Å². The molecule has 1 fully saturated rings. The van der Waals surface area contributed by atoms with E-state index in [0.717, 1.165) is 19.3 Å². The molecule has 0 aromatic heterocycles. The van der Waals surface area contributed by atoms with E-state index in [1.807, 2.05) is 20.8 Å². The molecule has 1 aliphatic heterocycles. The third-order valence-electron chi connectivity index (χ3n) is 3.48. The Balaban J connectivity index is 2.67. The Hall–Kier alpha value is 0.160. The maximum atomic E-state index is 12.2. The summed E-state index contributed by atoms with van der Waals surface area (Å²) in [5.74, 6) is 0.589. The molecule has 0 aliphatic carbocycles. The molecular formula is C11H23ClN2O2S. The second kappa shape index (κ2) is 6.36. The van der Waals surface area contributed by atoms with Crippen molar-refractivity contribution in [2.75, 3.05) is 12.4 Å². The fourth-order valence-electron chi connectivity index (χ4n) is 1.98. The summed E-state index contributed by atoms with van der Waals surface area (Å²) >= 11 is 5.74. The second-order valence-electron chi connectivity index (χ2n) is 5.00. The van der Waals surface area contributed by atoms with Crippen LogP contribution in [-0.2, 0) is 10.2 Å². The van der Waals surface area contributed by atoms with E-state index in [0.29, 0.717) is 12.4 Å². The third-order valence-corrected chi connectivity index (χ3v) is 5.80. The van der Waals surface area contributed by atoms with E-state index in [-0.39, 0.29) is 18.0 Å². The zero-order chi connectivity index (χ0) is 13.1. The zero-order valence-electron chi connectivity index (χ0n) is 10.8. The zero-order valence-corrected chi connectivity index (χ0v) is 12.4. The van der Waals surface area contributed by atoms with Gasteiger partial charge in [0, 0.05) is 24.5 Å². The van der Waals surface area contributed by atoms with Gasteiger partial charge in [0.25, 0.3) is 10.2 Å². The molecule has 1 rings (SSSR count). The lowest BCUT2D eigenvalue weighted by Crippen LogP contribution is -2.51. The van der Waals surface area contributed by atoms with Crippen LogP contribution >= 0.6 is 11.6 Å². The maximum Gasteiger partial charge on any atom is 0.279 e. The first-order valence-electron chi connectivity index (χ1n) is 6.23. The normalized spacial score (nSPS) is 26.7. The van der Waals surface area contributed by atoms with Gasteiger partial charge in [-0.3, -0.25) is 0 Å². The summed E-state index contributed by atoms with van der Waals surface area (Å²) in [6.07, 6.45) is 3.01. The minimum absolute atomic E-state index is 0.0970. The van der Waals surface area contributed by atoms with Gasteiger partial charge in [-0.15, -0.1) is 11.6 Å². The van der Waals surface area contributed by atoms with Crippen molar-refractivity contribution in [2.24, 2.45) is 5.92 Å². The molecule has 3 atom stereocenters. The molecule has 6 heteroatoms. The number of rotatable bonds is 5. The first-order valence-corrected chi connectivity index (χ1v) is 8.21. The van der Waals surface area contributed by atoms with E-state index >= 15 is 0 Å². The molecule has 0 spiro atoms. The summed E-state index contributed by atoms with van der Waals surface area (Å²) in [6, 6.07) is -0.0358. The number of nitrogens with zero attached hydrogens (tertiary/aromatic N) is 1. The van der Waals surface area contributed by atoms with Gasteiger partial charge in [-0.2, -0.15) is 17.4 Å². The summed E-state index contributed by atoms with van der Waals surface area (Å²) in [6.45, 7) is 6.39. The first kappa shape index (κ1) is 15.2. The number of nitrogens with one attached hydrogen (secondary N) is 1. The number of halogens is 1. The van der Waals surface area contributed by atoms with Crippen LogP contribution < -0.4 is 4.72 Å². The fraction of sp³-hybridized carbons (Fsp3) is 1.00. The van der Waals surface area contributed by atoms with Crippen molar-refractivity contribution < 1.29 is 8.42 Å². The summed E-state index contributed by atoms with van der Waals surface area (Å²) in [7, 11) is -3.36. The van der Waals surface area contributed by atoms with Crippen LogP contribution in [0.1, 0.15) is 40.0 Å². The predicted molar refractivity (Wildman–Crippen MR) is 71.4 cm³/mol. The molecule has 1 aliphatic rings. The van der Waals surface area contributed by atoms with Gasteiger partial charge in [0.2, 0.25) is 0 Å². The summed E-state index contributed by atoms with van der Waals surface area (Å²) in [5, 5.41) is 0. The predicted octanol–water partition coefficient (Wildman–Crippen LogP) is 1.96. The number of piperidine rings is 1. The Morgan fingerprint density at radius 3 is 2.59 bits per heavy atom. The van der Waals surface area contributed by atoms with Crippen LogP contribution in [0.4, 0.5) is 0 Å². The van der Waals surface area contributed by atoms with Gasteiger partial charge >= 0.3 is 0 Å². The molecule has 1 heterocycles. The number of hydrogen-bond donors (Lipinski definition) is 1. The lowest BCUT2D eigenvalue weighted by atomic mass is 10.1. The molecule has 102 valence electrons. The van der Waals surface area contributed by atoms with Crippen molar-refractivity contribution in [3.8, 4) is 0 Å². The van der Waals surface area contributed by atoms with Crippen molar-refractivity contribution in [2.45, 2.75) is 52.1 Å². The van der Waals surface area contributed by atoms with Crippen molar-refractivity contribution in [1.82, 2.24) is 9.03 Å². The van der Waals surface area contributed by atoms with E-state index in [9.17, 15) is 8.42 Å². The van der Waals surface area contributed by atoms with Gasteiger partial charge < -0.3 is 0 Å². The number of alkyl halides is 1. The Morgan fingerprint density at radius 1 is 1.41 bits per heavy atom. The van der Waals surface area contributed by atoms with Gasteiger partial charge in [0.1, 0.15) is 0 Å². The summed E-state index contributed by atoms with van der Waals surface area (Å²) < 4.78 is 28.7. The molecule has 0 aromatic carbocycles. The molecule has 0 radical (unpaired) electrons. The van der Waals surface area contributed by atoms with E-state index in [4.69, 9.17) is 11.6 Å². The van der Waals surface area contributed by atoms with Gasteiger partial charge in [-0.25, -0.2) is 0 Å². The number of hydrogen-bond acceptors (Lipinski definition) is 2. The molecule has 4 nitrogen and oxygen atoms in total. The molecule has 3 unspecified atom stereocenters. The van der Waals surface area contributed by atoms with E-state index in [1.54, 1.807) is 4.31 Å². The lowest BCUT2D eigenvalue weighted by molar-refractivity contribution is 0.262. The standard InChI is InChI=1S/C11H23ClN2O2S/c1-9(8-12)11(3)13-17(15,16)14-7-5-4-6-10(14)2/h9-11,13H,4-8H2,1-3H3. The highest BCUT2D eigenvalue weighted by Gasteiger charge is 2.31. The van der Waals surface area contributed by atoms with E-state index < -0.39 is 10.2 Å². The van der Waals surface area contributed by atoms with Crippen LogP contribution in [0.25, 0.3) is 0 Å².